The Morgan fingerprint density at radius 1 is 1.53 bits per heavy atom. The Morgan fingerprint density at radius 2 is 2.26 bits per heavy atom. The number of aromatic nitrogens is 2. The Labute approximate surface area is 110 Å². The third kappa shape index (κ3) is 2.67. The van der Waals surface area contributed by atoms with Gasteiger partial charge >= 0.3 is 0 Å². The van der Waals surface area contributed by atoms with Crippen molar-refractivity contribution in [3.8, 4) is 0 Å². The average Bonchev–Trinajstić information content (AvgIpc) is 2.97. The summed E-state index contributed by atoms with van der Waals surface area (Å²) in [4.78, 5) is 16.2. The van der Waals surface area contributed by atoms with Crippen molar-refractivity contribution in [3.63, 3.8) is 0 Å². The van der Waals surface area contributed by atoms with Crippen LogP contribution in [-0.4, -0.2) is 27.1 Å². The lowest BCUT2D eigenvalue weighted by atomic mass is 9.72. The molecule has 0 atom stereocenters. The van der Waals surface area contributed by atoms with Gasteiger partial charge in [-0.05, 0) is 12.8 Å². The molecule has 1 aromatic heterocycles. The molecule has 1 amide bonds. The summed E-state index contributed by atoms with van der Waals surface area (Å²) in [5, 5.41) is 18.3. The van der Waals surface area contributed by atoms with Gasteiger partial charge in [-0.3, -0.25) is 4.79 Å². The summed E-state index contributed by atoms with van der Waals surface area (Å²) in [5.41, 5.74) is 4.80. The number of hydrogen-bond acceptors (Lipinski definition) is 6. The van der Waals surface area contributed by atoms with E-state index in [0.29, 0.717) is 18.7 Å². The minimum absolute atomic E-state index is 0.0298. The maximum Gasteiger partial charge on any atom is 0.234 e. The molecule has 8 nitrogen and oxygen atoms in total. The van der Waals surface area contributed by atoms with Gasteiger partial charge in [-0.25, -0.2) is 0 Å². The number of carbonyl (C=O) groups is 1. The summed E-state index contributed by atoms with van der Waals surface area (Å²) in [6.07, 6.45) is 5.18. The van der Waals surface area contributed by atoms with Crippen LogP contribution in [0.4, 0.5) is 0 Å². The van der Waals surface area contributed by atoms with Crippen LogP contribution in [-0.2, 0) is 11.3 Å². The molecule has 19 heavy (non-hydrogen) atoms. The van der Waals surface area contributed by atoms with E-state index in [-0.39, 0.29) is 18.3 Å². The van der Waals surface area contributed by atoms with Gasteiger partial charge in [0.1, 0.15) is 5.41 Å². The number of nitrogens with zero attached hydrogens (tertiary/aromatic N) is 3. The molecular weight excluding hydrogens is 250 g/mol. The van der Waals surface area contributed by atoms with Crippen molar-refractivity contribution >= 4 is 11.7 Å². The monoisotopic (exact) mass is 267 g/mol. The quantitative estimate of drug-likeness (QED) is 0.313. The highest BCUT2D eigenvalue weighted by atomic mass is 16.5. The molecule has 0 unspecified atom stereocenters. The Morgan fingerprint density at radius 3 is 2.84 bits per heavy atom. The predicted molar refractivity (Wildman–Crippen MR) is 65.1 cm³/mol. The van der Waals surface area contributed by atoms with Crippen molar-refractivity contribution in [2.75, 3.05) is 0 Å². The maximum absolute atomic E-state index is 12.3. The molecular formula is C11H17N5O3. The second kappa shape index (κ2) is 5.68. The minimum Gasteiger partial charge on any atom is -0.409 e. The van der Waals surface area contributed by atoms with Crippen LogP contribution in [0.5, 0.6) is 0 Å². The SMILES string of the molecule is NC(=NO)C1(C(=O)NCc2ncon2)CCCCC1. The van der Waals surface area contributed by atoms with Crippen LogP contribution >= 0.6 is 0 Å². The van der Waals surface area contributed by atoms with Gasteiger partial charge in [-0.15, -0.1) is 0 Å². The summed E-state index contributed by atoms with van der Waals surface area (Å²) in [5.74, 6) is 0.101. The smallest absolute Gasteiger partial charge is 0.234 e. The normalized spacial score (nSPS) is 19.1. The fourth-order valence-corrected chi connectivity index (χ4v) is 2.45. The van der Waals surface area contributed by atoms with Crippen LogP contribution in [0, 0.1) is 5.41 Å². The summed E-state index contributed by atoms with van der Waals surface area (Å²) >= 11 is 0. The molecule has 2 rings (SSSR count). The number of amides is 1. The number of oxime groups is 1. The van der Waals surface area contributed by atoms with Crippen LogP contribution in [0.15, 0.2) is 16.1 Å². The molecule has 104 valence electrons. The second-order valence-corrected chi connectivity index (χ2v) is 4.66. The van der Waals surface area contributed by atoms with E-state index in [4.69, 9.17) is 10.9 Å². The Balaban J connectivity index is 2.07. The van der Waals surface area contributed by atoms with Crippen molar-refractivity contribution in [3.05, 3.63) is 12.2 Å². The summed E-state index contributed by atoms with van der Waals surface area (Å²) in [6, 6.07) is 0. The number of rotatable bonds is 4. The van der Waals surface area contributed by atoms with Crippen LogP contribution in [0.3, 0.4) is 0 Å². The van der Waals surface area contributed by atoms with Gasteiger partial charge in [0, 0.05) is 0 Å². The molecule has 1 fully saturated rings. The zero-order valence-corrected chi connectivity index (χ0v) is 10.5. The van der Waals surface area contributed by atoms with Gasteiger partial charge in [-0.1, -0.05) is 29.6 Å². The molecule has 1 heterocycles. The van der Waals surface area contributed by atoms with Gasteiger partial charge in [-0.2, -0.15) is 4.98 Å². The highest BCUT2D eigenvalue weighted by Gasteiger charge is 2.43. The van der Waals surface area contributed by atoms with Crippen molar-refractivity contribution < 1.29 is 14.5 Å². The molecule has 0 saturated heterocycles. The van der Waals surface area contributed by atoms with E-state index in [1.807, 2.05) is 0 Å². The van der Waals surface area contributed by atoms with Crippen molar-refractivity contribution in [2.24, 2.45) is 16.3 Å². The van der Waals surface area contributed by atoms with E-state index < -0.39 is 5.41 Å². The van der Waals surface area contributed by atoms with Gasteiger partial charge in [0.15, 0.2) is 11.7 Å². The second-order valence-electron chi connectivity index (χ2n) is 4.66. The number of amidine groups is 1. The minimum atomic E-state index is -0.920. The van der Waals surface area contributed by atoms with Gasteiger partial charge in [0.05, 0.1) is 6.54 Å². The van der Waals surface area contributed by atoms with Crippen molar-refractivity contribution in [1.82, 2.24) is 15.5 Å². The third-order valence-corrected chi connectivity index (χ3v) is 3.55. The molecule has 0 spiro atoms. The number of hydrogen-bond donors (Lipinski definition) is 3. The first-order chi connectivity index (χ1) is 9.19. The molecule has 8 heteroatoms. The van der Waals surface area contributed by atoms with E-state index in [1.165, 1.54) is 6.39 Å². The van der Waals surface area contributed by atoms with Gasteiger partial charge in [0.25, 0.3) is 0 Å². The molecule has 0 aliphatic heterocycles. The maximum atomic E-state index is 12.3. The molecule has 0 aromatic carbocycles. The molecule has 0 radical (unpaired) electrons. The lowest BCUT2D eigenvalue weighted by molar-refractivity contribution is -0.129. The van der Waals surface area contributed by atoms with Crippen molar-refractivity contribution in [1.29, 1.82) is 0 Å². The first kappa shape index (κ1) is 13.3. The molecule has 1 saturated carbocycles. The molecule has 4 N–H and O–H groups in total. The highest BCUT2D eigenvalue weighted by molar-refractivity contribution is 6.06. The Hall–Kier alpha value is -2.12. The summed E-state index contributed by atoms with van der Waals surface area (Å²) in [6.45, 7) is 0.162. The number of nitrogens with two attached hydrogens (primary N) is 1. The van der Waals surface area contributed by atoms with Crippen LogP contribution in [0.2, 0.25) is 0 Å². The van der Waals surface area contributed by atoms with E-state index >= 15 is 0 Å². The lowest BCUT2D eigenvalue weighted by Crippen LogP contribution is -2.50. The first-order valence-corrected chi connectivity index (χ1v) is 6.20. The van der Waals surface area contributed by atoms with Crippen LogP contribution < -0.4 is 11.1 Å². The van der Waals surface area contributed by atoms with Crippen LogP contribution in [0.25, 0.3) is 0 Å². The van der Waals surface area contributed by atoms with Gasteiger partial charge in [0.2, 0.25) is 12.3 Å². The zero-order valence-electron chi connectivity index (χ0n) is 10.5. The van der Waals surface area contributed by atoms with Crippen molar-refractivity contribution in [2.45, 2.75) is 38.6 Å². The molecule has 1 aliphatic rings. The highest BCUT2D eigenvalue weighted by Crippen LogP contribution is 2.36. The first-order valence-electron chi connectivity index (χ1n) is 6.20. The molecule has 1 aromatic rings. The topological polar surface area (TPSA) is 127 Å². The van der Waals surface area contributed by atoms with E-state index in [1.54, 1.807) is 0 Å². The Kier molecular flexibility index (Phi) is 3.98. The van der Waals surface area contributed by atoms with E-state index in [0.717, 1.165) is 19.3 Å². The standard InChI is InChI=1S/C11H17N5O3/c12-9(15-18)11(4-2-1-3-5-11)10(17)13-6-8-14-7-19-16-8/h7,18H,1-6H2,(H2,12,15)(H,13,17). The number of nitrogens with one attached hydrogen (secondary N) is 1. The fourth-order valence-electron chi connectivity index (χ4n) is 2.45. The largest absolute Gasteiger partial charge is 0.409 e. The zero-order chi connectivity index (χ0) is 13.7. The fraction of sp³-hybridized carbons (Fsp3) is 0.636. The van der Waals surface area contributed by atoms with E-state index in [9.17, 15) is 4.79 Å². The molecule has 0 bridgehead atoms. The lowest BCUT2D eigenvalue weighted by Gasteiger charge is -2.34. The van der Waals surface area contributed by atoms with E-state index in [2.05, 4.69) is 25.1 Å². The van der Waals surface area contributed by atoms with Crippen LogP contribution in [0.1, 0.15) is 37.9 Å². The molecule has 1 aliphatic carbocycles. The van der Waals surface area contributed by atoms with Gasteiger partial charge < -0.3 is 20.8 Å². The number of carbonyl (C=O) groups excluding carboxylic acids is 1. The Bertz CT molecular complexity index is 451. The summed E-state index contributed by atoms with van der Waals surface area (Å²) in [7, 11) is 0. The summed E-state index contributed by atoms with van der Waals surface area (Å²) < 4.78 is 4.59. The predicted octanol–water partition coefficient (Wildman–Crippen LogP) is 0.383. The third-order valence-electron chi connectivity index (χ3n) is 3.55. The average molecular weight is 267 g/mol.